The summed E-state index contributed by atoms with van der Waals surface area (Å²) in [5.74, 6) is 0.607. The van der Waals surface area contributed by atoms with Gasteiger partial charge in [-0.2, -0.15) is 0 Å². The Balaban J connectivity index is 1.98. The predicted molar refractivity (Wildman–Crippen MR) is 67.4 cm³/mol. The number of sulfone groups is 1. The van der Waals surface area contributed by atoms with Crippen LogP contribution >= 0.6 is 0 Å². The number of aromatic nitrogens is 1. The van der Waals surface area contributed by atoms with E-state index in [0.29, 0.717) is 12.8 Å². The Bertz CT molecular complexity index is 482. The number of nitrogens with two attached hydrogens (primary N) is 1. The molecule has 1 aromatic heterocycles. The fourth-order valence-electron chi connectivity index (χ4n) is 2.19. The molecule has 2 unspecified atom stereocenters. The quantitative estimate of drug-likeness (QED) is 0.861. The van der Waals surface area contributed by atoms with E-state index in [4.69, 9.17) is 5.73 Å². The van der Waals surface area contributed by atoms with Gasteiger partial charge in [0, 0.05) is 24.4 Å². The van der Waals surface area contributed by atoms with E-state index in [0.717, 1.165) is 11.3 Å². The SMILES string of the molecule is Cc1ccc(CC(N)C2CCS(=O)(=O)C2)nc1. The minimum Gasteiger partial charge on any atom is -0.327 e. The van der Waals surface area contributed by atoms with Crippen LogP contribution in [0.1, 0.15) is 17.7 Å². The largest absolute Gasteiger partial charge is 0.327 e. The Morgan fingerprint density at radius 3 is 2.82 bits per heavy atom. The van der Waals surface area contributed by atoms with E-state index in [-0.39, 0.29) is 23.5 Å². The summed E-state index contributed by atoms with van der Waals surface area (Å²) in [6.45, 7) is 1.99. The zero-order chi connectivity index (χ0) is 12.5. The number of rotatable bonds is 3. The highest BCUT2D eigenvalue weighted by Gasteiger charge is 2.32. The predicted octanol–water partition coefficient (Wildman–Crippen LogP) is 0.695. The van der Waals surface area contributed by atoms with E-state index >= 15 is 0 Å². The molecule has 0 bridgehead atoms. The molecule has 1 aromatic rings. The number of hydrogen-bond acceptors (Lipinski definition) is 4. The Labute approximate surface area is 102 Å². The van der Waals surface area contributed by atoms with Gasteiger partial charge in [0.05, 0.1) is 11.5 Å². The lowest BCUT2D eigenvalue weighted by molar-refractivity contribution is 0.457. The van der Waals surface area contributed by atoms with Crippen molar-refractivity contribution in [1.82, 2.24) is 4.98 Å². The third kappa shape index (κ3) is 3.26. The van der Waals surface area contributed by atoms with Crippen LogP contribution in [0.3, 0.4) is 0 Å². The summed E-state index contributed by atoms with van der Waals surface area (Å²) in [6, 6.07) is 3.85. The lowest BCUT2D eigenvalue weighted by Crippen LogP contribution is -2.33. The second-order valence-electron chi connectivity index (χ2n) is 4.86. The monoisotopic (exact) mass is 254 g/mol. The molecule has 2 atom stereocenters. The summed E-state index contributed by atoms with van der Waals surface area (Å²) in [6.07, 6.45) is 3.16. The lowest BCUT2D eigenvalue weighted by atomic mass is 9.96. The van der Waals surface area contributed by atoms with Crippen LogP contribution in [0.5, 0.6) is 0 Å². The third-order valence-electron chi connectivity index (χ3n) is 3.29. The Morgan fingerprint density at radius 2 is 2.29 bits per heavy atom. The molecular weight excluding hydrogens is 236 g/mol. The van der Waals surface area contributed by atoms with Gasteiger partial charge in [0.15, 0.2) is 9.84 Å². The van der Waals surface area contributed by atoms with Crippen molar-refractivity contribution >= 4 is 9.84 Å². The van der Waals surface area contributed by atoms with E-state index in [9.17, 15) is 8.42 Å². The van der Waals surface area contributed by atoms with Gasteiger partial charge in [-0.15, -0.1) is 0 Å². The van der Waals surface area contributed by atoms with Crippen LogP contribution in [0.25, 0.3) is 0 Å². The van der Waals surface area contributed by atoms with Crippen molar-refractivity contribution in [3.8, 4) is 0 Å². The molecular formula is C12H18N2O2S. The molecule has 0 amide bonds. The average molecular weight is 254 g/mol. The zero-order valence-corrected chi connectivity index (χ0v) is 10.8. The molecule has 2 rings (SSSR count). The summed E-state index contributed by atoms with van der Waals surface area (Å²) in [5, 5.41) is 0. The van der Waals surface area contributed by atoms with Crippen LogP contribution < -0.4 is 5.73 Å². The first kappa shape index (κ1) is 12.5. The van der Waals surface area contributed by atoms with Crippen molar-refractivity contribution in [2.24, 2.45) is 11.7 Å². The molecule has 1 saturated heterocycles. The summed E-state index contributed by atoms with van der Waals surface area (Å²) >= 11 is 0. The minimum absolute atomic E-state index is 0.0862. The number of hydrogen-bond donors (Lipinski definition) is 1. The maximum Gasteiger partial charge on any atom is 0.150 e. The average Bonchev–Trinajstić information content (AvgIpc) is 2.62. The molecule has 2 N–H and O–H groups in total. The first-order valence-corrected chi connectivity index (χ1v) is 7.66. The Morgan fingerprint density at radius 1 is 1.53 bits per heavy atom. The van der Waals surface area contributed by atoms with Crippen LogP contribution in [0.15, 0.2) is 18.3 Å². The first-order chi connectivity index (χ1) is 7.96. The van der Waals surface area contributed by atoms with Crippen LogP contribution in [-0.2, 0) is 16.3 Å². The summed E-state index contributed by atoms with van der Waals surface area (Å²) in [5.41, 5.74) is 8.12. The molecule has 1 aliphatic heterocycles. The summed E-state index contributed by atoms with van der Waals surface area (Å²) < 4.78 is 22.7. The topological polar surface area (TPSA) is 73.1 Å². The van der Waals surface area contributed by atoms with Crippen LogP contribution in [0.4, 0.5) is 0 Å². The van der Waals surface area contributed by atoms with Gasteiger partial charge in [-0.3, -0.25) is 4.98 Å². The van der Waals surface area contributed by atoms with E-state index in [2.05, 4.69) is 4.98 Å². The van der Waals surface area contributed by atoms with Crippen molar-refractivity contribution in [3.05, 3.63) is 29.6 Å². The Hall–Kier alpha value is -0.940. The van der Waals surface area contributed by atoms with Crippen molar-refractivity contribution in [1.29, 1.82) is 0 Å². The van der Waals surface area contributed by atoms with Crippen LogP contribution in [0.2, 0.25) is 0 Å². The van der Waals surface area contributed by atoms with Gasteiger partial charge in [-0.25, -0.2) is 8.42 Å². The molecule has 0 saturated carbocycles. The van der Waals surface area contributed by atoms with Crippen LogP contribution in [-0.4, -0.2) is 30.9 Å². The standard InChI is InChI=1S/C12H18N2O2S/c1-9-2-3-11(14-7-9)6-12(13)10-4-5-17(15,16)8-10/h2-3,7,10,12H,4-6,8,13H2,1H3. The summed E-state index contributed by atoms with van der Waals surface area (Å²) in [4.78, 5) is 4.30. The zero-order valence-electron chi connectivity index (χ0n) is 9.96. The van der Waals surface area contributed by atoms with Crippen molar-refractivity contribution < 1.29 is 8.42 Å². The second-order valence-corrected chi connectivity index (χ2v) is 7.09. The smallest absolute Gasteiger partial charge is 0.150 e. The van der Waals surface area contributed by atoms with Crippen molar-refractivity contribution in [2.75, 3.05) is 11.5 Å². The highest BCUT2D eigenvalue weighted by molar-refractivity contribution is 7.91. The number of nitrogens with zero attached hydrogens (tertiary/aromatic N) is 1. The van der Waals surface area contributed by atoms with E-state index in [1.165, 1.54) is 0 Å². The number of pyridine rings is 1. The van der Waals surface area contributed by atoms with Gasteiger partial charge < -0.3 is 5.73 Å². The lowest BCUT2D eigenvalue weighted by Gasteiger charge is -2.17. The van der Waals surface area contributed by atoms with E-state index < -0.39 is 9.84 Å². The molecule has 1 fully saturated rings. The van der Waals surface area contributed by atoms with Crippen molar-refractivity contribution in [2.45, 2.75) is 25.8 Å². The third-order valence-corrected chi connectivity index (χ3v) is 5.08. The van der Waals surface area contributed by atoms with E-state index in [1.54, 1.807) is 0 Å². The van der Waals surface area contributed by atoms with E-state index in [1.807, 2.05) is 25.3 Å². The highest BCUT2D eigenvalue weighted by Crippen LogP contribution is 2.22. The van der Waals surface area contributed by atoms with Crippen molar-refractivity contribution in [3.63, 3.8) is 0 Å². The molecule has 1 aliphatic rings. The van der Waals surface area contributed by atoms with Gasteiger partial charge >= 0.3 is 0 Å². The van der Waals surface area contributed by atoms with Gasteiger partial charge in [-0.05, 0) is 30.9 Å². The van der Waals surface area contributed by atoms with Gasteiger partial charge in [0.1, 0.15) is 0 Å². The minimum atomic E-state index is -2.84. The maximum atomic E-state index is 11.4. The molecule has 4 nitrogen and oxygen atoms in total. The maximum absolute atomic E-state index is 11.4. The molecule has 0 spiro atoms. The van der Waals surface area contributed by atoms with Gasteiger partial charge in [0.2, 0.25) is 0 Å². The molecule has 2 heterocycles. The Kier molecular flexibility index (Phi) is 3.49. The molecule has 5 heteroatoms. The highest BCUT2D eigenvalue weighted by atomic mass is 32.2. The molecule has 17 heavy (non-hydrogen) atoms. The normalized spacial score (nSPS) is 24.7. The summed E-state index contributed by atoms with van der Waals surface area (Å²) in [7, 11) is -2.84. The first-order valence-electron chi connectivity index (χ1n) is 5.84. The number of aryl methyl sites for hydroxylation is 1. The van der Waals surface area contributed by atoms with Gasteiger partial charge in [-0.1, -0.05) is 6.07 Å². The second kappa shape index (κ2) is 4.74. The molecule has 94 valence electrons. The fraction of sp³-hybridized carbons (Fsp3) is 0.583. The van der Waals surface area contributed by atoms with Crippen LogP contribution in [0, 0.1) is 12.8 Å². The molecule has 0 aromatic carbocycles. The van der Waals surface area contributed by atoms with Gasteiger partial charge in [0.25, 0.3) is 0 Å². The fourth-order valence-corrected chi connectivity index (χ4v) is 4.08. The molecule has 0 aliphatic carbocycles. The molecule has 0 radical (unpaired) electrons.